The Morgan fingerprint density at radius 1 is 1.45 bits per heavy atom. The molecule has 0 aliphatic carbocycles. The van der Waals surface area contributed by atoms with E-state index in [9.17, 15) is 4.79 Å². The molecule has 20 heavy (non-hydrogen) atoms. The zero-order chi connectivity index (χ0) is 14.8. The van der Waals surface area contributed by atoms with Crippen molar-refractivity contribution in [3.63, 3.8) is 0 Å². The van der Waals surface area contributed by atoms with Gasteiger partial charge >= 0.3 is 0 Å². The third-order valence-electron chi connectivity index (χ3n) is 2.52. The fourth-order valence-electron chi connectivity index (χ4n) is 1.45. The van der Waals surface area contributed by atoms with Gasteiger partial charge in [0.25, 0.3) is 0 Å². The fourth-order valence-corrected chi connectivity index (χ4v) is 1.64. The fraction of sp³-hybridized carbons (Fsp3) is 0.500. The molecule has 0 spiro atoms. The molecule has 2 aromatic heterocycles. The van der Waals surface area contributed by atoms with Crippen LogP contribution in [0.5, 0.6) is 0 Å². The molecule has 0 amide bonds. The molecule has 2 aromatic rings. The Morgan fingerprint density at radius 3 is 2.70 bits per heavy atom. The first-order valence-electron chi connectivity index (χ1n) is 6.66. The van der Waals surface area contributed by atoms with Gasteiger partial charge in [-0.05, 0) is 12.5 Å². The van der Waals surface area contributed by atoms with Crippen LogP contribution in [-0.2, 0) is 6.54 Å². The van der Waals surface area contributed by atoms with Gasteiger partial charge in [-0.2, -0.15) is 5.10 Å². The number of unbranched alkanes of at least 4 members (excludes halogenated alkanes) is 2. The lowest BCUT2D eigenvalue weighted by atomic mass is 10.3. The second-order valence-corrected chi connectivity index (χ2v) is 4.65. The molecule has 0 saturated heterocycles. The van der Waals surface area contributed by atoms with Crippen molar-refractivity contribution in [1.82, 2.24) is 14.8 Å². The Hall–Kier alpha value is -1.62. The average molecular weight is 298 g/mol. The van der Waals surface area contributed by atoms with Gasteiger partial charge < -0.3 is 4.42 Å². The van der Waals surface area contributed by atoms with E-state index in [0.717, 1.165) is 5.88 Å². The zero-order valence-electron chi connectivity index (χ0n) is 11.9. The van der Waals surface area contributed by atoms with Crippen LogP contribution in [0.4, 0.5) is 0 Å². The molecule has 0 bridgehead atoms. The number of hydrogen-bond acceptors (Lipinski definition) is 4. The molecule has 0 saturated carbocycles. The predicted molar refractivity (Wildman–Crippen MR) is 78.1 cm³/mol. The number of rotatable bonds is 6. The molecular weight excluding hydrogens is 278 g/mol. The van der Waals surface area contributed by atoms with E-state index in [4.69, 9.17) is 16.0 Å². The highest BCUT2D eigenvalue weighted by molar-refractivity contribution is 6.17. The van der Waals surface area contributed by atoms with E-state index in [1.807, 2.05) is 0 Å². The van der Waals surface area contributed by atoms with Gasteiger partial charge in [0.05, 0.1) is 6.20 Å². The molecule has 2 rings (SSSR count). The largest absolute Gasteiger partial charge is 0.447 e. The Balaban J connectivity index is 0.000000286. The van der Waals surface area contributed by atoms with Crippen LogP contribution in [0.2, 0.25) is 0 Å². The van der Waals surface area contributed by atoms with Crippen molar-refractivity contribution in [2.24, 2.45) is 0 Å². The maximum Gasteiger partial charge on any atom is 0.215 e. The van der Waals surface area contributed by atoms with E-state index in [-0.39, 0.29) is 5.78 Å². The molecule has 5 nitrogen and oxygen atoms in total. The van der Waals surface area contributed by atoms with E-state index < -0.39 is 0 Å². The normalized spacial score (nSPS) is 9.95. The maximum atomic E-state index is 10.9. The average Bonchev–Trinajstić information content (AvgIpc) is 3.09. The summed E-state index contributed by atoms with van der Waals surface area (Å²) >= 11 is 5.38. The topological polar surface area (TPSA) is 60.9 Å². The van der Waals surface area contributed by atoms with Crippen LogP contribution in [0.15, 0.2) is 29.1 Å². The first-order chi connectivity index (χ1) is 9.67. The minimum absolute atomic E-state index is 0.0452. The smallest absolute Gasteiger partial charge is 0.215 e. The summed E-state index contributed by atoms with van der Waals surface area (Å²) in [7, 11) is 0. The minimum Gasteiger partial charge on any atom is -0.447 e. The minimum atomic E-state index is -0.0452. The lowest BCUT2D eigenvalue weighted by Crippen LogP contribution is -2.02. The predicted octanol–water partition coefficient (Wildman–Crippen LogP) is 3.54. The number of carbonyl (C=O) groups excluding carboxylic acids is 1. The summed E-state index contributed by atoms with van der Waals surface area (Å²) in [5, 5.41) is 4.05. The number of halogens is 1. The van der Waals surface area contributed by atoms with Crippen molar-refractivity contribution in [2.45, 2.75) is 39.7 Å². The Bertz CT molecular complexity index is 490. The third-order valence-corrected chi connectivity index (χ3v) is 2.79. The molecule has 0 unspecified atom stereocenters. The van der Waals surface area contributed by atoms with Crippen molar-refractivity contribution in [3.8, 4) is 0 Å². The van der Waals surface area contributed by atoms with Crippen molar-refractivity contribution < 1.29 is 9.21 Å². The Kier molecular flexibility index (Phi) is 7.65. The molecular formula is C14H20ClN3O2. The molecule has 0 N–H and O–H groups in total. The summed E-state index contributed by atoms with van der Waals surface area (Å²) in [4.78, 5) is 14.9. The van der Waals surface area contributed by atoms with E-state index in [2.05, 4.69) is 17.0 Å². The first-order valence-corrected chi connectivity index (χ1v) is 7.19. The van der Waals surface area contributed by atoms with Crippen LogP contribution in [0.25, 0.3) is 0 Å². The molecule has 0 aromatic carbocycles. The number of Topliss-reactive ketones (excluding diaryl/α,β-unsaturated/α-hetero) is 1. The first kappa shape index (κ1) is 16.4. The number of hydrogen-bond donors (Lipinski definition) is 0. The molecule has 6 heteroatoms. The van der Waals surface area contributed by atoms with E-state index in [1.165, 1.54) is 32.4 Å². The van der Waals surface area contributed by atoms with Gasteiger partial charge in [-0.25, -0.2) is 4.98 Å². The summed E-state index contributed by atoms with van der Waals surface area (Å²) in [6.45, 7) is 4.10. The van der Waals surface area contributed by atoms with Gasteiger partial charge in [0.2, 0.25) is 5.89 Å². The van der Waals surface area contributed by atoms with Crippen molar-refractivity contribution in [3.05, 3.63) is 36.3 Å². The molecule has 2 heterocycles. The van der Waals surface area contributed by atoms with Crippen LogP contribution in [0.3, 0.4) is 0 Å². The molecule has 0 radical (unpaired) electrons. The Morgan fingerprint density at radius 2 is 2.25 bits per heavy atom. The van der Waals surface area contributed by atoms with Gasteiger partial charge in [-0.3, -0.25) is 9.48 Å². The van der Waals surface area contributed by atoms with Gasteiger partial charge in [-0.1, -0.05) is 19.8 Å². The van der Waals surface area contributed by atoms with Crippen molar-refractivity contribution >= 4 is 17.4 Å². The van der Waals surface area contributed by atoms with Crippen molar-refractivity contribution in [1.29, 1.82) is 0 Å². The maximum absolute atomic E-state index is 10.9. The zero-order valence-corrected chi connectivity index (χ0v) is 12.6. The van der Waals surface area contributed by atoms with E-state index in [0.29, 0.717) is 18.1 Å². The highest BCUT2D eigenvalue weighted by Gasteiger charge is 2.05. The second-order valence-electron chi connectivity index (χ2n) is 4.28. The quantitative estimate of drug-likeness (QED) is 0.465. The number of ketones is 1. The van der Waals surface area contributed by atoms with Crippen LogP contribution in [0.1, 0.15) is 49.5 Å². The van der Waals surface area contributed by atoms with Gasteiger partial charge in [0.15, 0.2) is 5.78 Å². The highest BCUT2D eigenvalue weighted by atomic mass is 35.5. The molecule has 110 valence electrons. The second kappa shape index (κ2) is 9.31. The SMILES string of the molecule is CC(=O)c1ccn(Cc2ncco2)n1.CCCCCCl. The number of aromatic nitrogens is 3. The van der Waals surface area contributed by atoms with Gasteiger partial charge in [0.1, 0.15) is 18.5 Å². The number of nitrogens with zero attached hydrogens (tertiary/aromatic N) is 3. The van der Waals surface area contributed by atoms with Crippen LogP contribution in [-0.4, -0.2) is 26.4 Å². The Labute approximate surface area is 123 Å². The summed E-state index contributed by atoms with van der Waals surface area (Å²) in [6, 6.07) is 1.67. The lowest BCUT2D eigenvalue weighted by molar-refractivity contribution is 0.101. The molecule has 0 aliphatic rings. The molecule has 0 atom stereocenters. The summed E-state index contributed by atoms with van der Waals surface area (Å²) in [6.07, 6.45) is 8.53. The highest BCUT2D eigenvalue weighted by Crippen LogP contribution is 2.01. The van der Waals surface area contributed by atoms with Gasteiger partial charge in [0, 0.05) is 19.0 Å². The van der Waals surface area contributed by atoms with Crippen molar-refractivity contribution in [2.75, 3.05) is 5.88 Å². The summed E-state index contributed by atoms with van der Waals surface area (Å²) in [5.74, 6) is 1.35. The molecule has 0 aliphatic heterocycles. The van der Waals surface area contributed by atoms with E-state index >= 15 is 0 Å². The third kappa shape index (κ3) is 6.02. The van der Waals surface area contributed by atoms with Crippen LogP contribution < -0.4 is 0 Å². The summed E-state index contributed by atoms with van der Waals surface area (Å²) in [5.41, 5.74) is 0.455. The number of alkyl halides is 1. The summed E-state index contributed by atoms with van der Waals surface area (Å²) < 4.78 is 6.66. The van der Waals surface area contributed by atoms with Crippen LogP contribution in [0, 0.1) is 0 Å². The monoisotopic (exact) mass is 297 g/mol. The lowest BCUT2D eigenvalue weighted by Gasteiger charge is -1.94. The molecule has 0 fully saturated rings. The standard InChI is InChI=1S/C9H9N3O2.C5H11Cl/c1-7(13)8-2-4-12(11-8)6-9-10-3-5-14-9;1-2-3-4-5-6/h2-5H,6H2,1H3;2-5H2,1H3. The number of oxazole rings is 1. The van der Waals surface area contributed by atoms with Gasteiger partial charge in [-0.15, -0.1) is 11.6 Å². The van der Waals surface area contributed by atoms with Crippen LogP contribution >= 0.6 is 11.6 Å². The number of carbonyl (C=O) groups is 1. The van der Waals surface area contributed by atoms with E-state index in [1.54, 1.807) is 23.1 Å².